The molecule has 0 amide bonds. The van der Waals surface area contributed by atoms with E-state index in [1.807, 2.05) is 12.1 Å². The van der Waals surface area contributed by atoms with Crippen molar-refractivity contribution in [2.45, 2.75) is 26.4 Å². The fourth-order valence-electron chi connectivity index (χ4n) is 1.76. The van der Waals surface area contributed by atoms with Gasteiger partial charge < -0.3 is 14.8 Å². The predicted molar refractivity (Wildman–Crippen MR) is 73.7 cm³/mol. The van der Waals surface area contributed by atoms with E-state index >= 15 is 0 Å². The first-order chi connectivity index (χ1) is 8.54. The van der Waals surface area contributed by atoms with Crippen molar-refractivity contribution >= 4 is 12.6 Å². The quantitative estimate of drug-likeness (QED) is 0.681. The van der Waals surface area contributed by atoms with Gasteiger partial charge >= 0.3 is 7.12 Å². The van der Waals surface area contributed by atoms with Crippen LogP contribution in [0.3, 0.4) is 0 Å². The van der Waals surface area contributed by atoms with Crippen molar-refractivity contribution in [2.75, 3.05) is 20.3 Å². The third kappa shape index (κ3) is 4.78. The molecule has 0 bridgehead atoms. The highest BCUT2D eigenvalue weighted by Gasteiger charge is 2.12. The molecule has 0 spiro atoms. The first-order valence-corrected chi connectivity index (χ1v) is 6.22. The Morgan fingerprint density at radius 3 is 2.28 bits per heavy atom. The summed E-state index contributed by atoms with van der Waals surface area (Å²) in [6, 6.07) is 7.79. The fraction of sp³-hybridized carbons (Fsp3) is 0.538. The first-order valence-electron chi connectivity index (χ1n) is 6.22. The highest BCUT2D eigenvalue weighted by molar-refractivity contribution is 6.58. The number of methoxy groups -OCH3 is 1. The lowest BCUT2D eigenvalue weighted by Gasteiger charge is -2.26. The van der Waals surface area contributed by atoms with E-state index < -0.39 is 7.12 Å². The lowest BCUT2D eigenvalue weighted by atomic mass is 9.80. The van der Waals surface area contributed by atoms with Crippen molar-refractivity contribution < 1.29 is 14.8 Å². The molecule has 1 aromatic rings. The largest absolute Gasteiger partial charge is 0.488 e. The summed E-state index contributed by atoms with van der Waals surface area (Å²) in [5.41, 5.74) is 1.68. The van der Waals surface area contributed by atoms with Gasteiger partial charge in [0.2, 0.25) is 0 Å². The normalized spacial score (nSPS) is 11.3. The summed E-state index contributed by atoms with van der Waals surface area (Å²) in [7, 11) is 0.310. The average molecular weight is 251 g/mol. The van der Waals surface area contributed by atoms with E-state index in [1.54, 1.807) is 19.2 Å². The van der Waals surface area contributed by atoms with Crippen LogP contribution in [0, 0.1) is 0 Å². The van der Waals surface area contributed by atoms with E-state index in [9.17, 15) is 0 Å². The second-order valence-corrected chi connectivity index (χ2v) is 4.67. The molecule has 18 heavy (non-hydrogen) atoms. The van der Waals surface area contributed by atoms with Gasteiger partial charge in [-0.05, 0) is 24.9 Å². The Kier molecular flexibility index (Phi) is 6.36. The van der Waals surface area contributed by atoms with Crippen LogP contribution in [0.2, 0.25) is 0 Å². The zero-order valence-corrected chi connectivity index (χ0v) is 11.3. The van der Waals surface area contributed by atoms with Gasteiger partial charge in [0.05, 0.1) is 6.61 Å². The van der Waals surface area contributed by atoms with Crippen molar-refractivity contribution in [2.24, 2.45) is 0 Å². The predicted octanol–water partition coefficient (Wildman–Crippen LogP) is 0.223. The van der Waals surface area contributed by atoms with Crippen LogP contribution < -0.4 is 5.46 Å². The third-order valence-electron chi connectivity index (χ3n) is 2.98. The van der Waals surface area contributed by atoms with Gasteiger partial charge in [0.15, 0.2) is 0 Å². The highest BCUT2D eigenvalue weighted by atomic mass is 16.5. The van der Waals surface area contributed by atoms with Crippen LogP contribution in [0.25, 0.3) is 0 Å². The Balaban J connectivity index is 2.63. The second kappa shape index (κ2) is 7.54. The summed E-state index contributed by atoms with van der Waals surface area (Å²) in [6.07, 6.45) is 0. The molecular formula is C13H22BNO3. The highest BCUT2D eigenvalue weighted by Crippen LogP contribution is 2.07. The van der Waals surface area contributed by atoms with Crippen molar-refractivity contribution in [1.29, 1.82) is 0 Å². The molecule has 0 radical (unpaired) electrons. The van der Waals surface area contributed by atoms with E-state index in [0.717, 1.165) is 18.7 Å². The molecule has 0 aromatic heterocycles. The molecule has 0 unspecified atom stereocenters. The Labute approximate surface area is 109 Å². The van der Waals surface area contributed by atoms with E-state index in [2.05, 4.69) is 18.7 Å². The first kappa shape index (κ1) is 15.2. The van der Waals surface area contributed by atoms with Gasteiger partial charge in [-0.25, -0.2) is 0 Å². The van der Waals surface area contributed by atoms with Gasteiger partial charge in [0.1, 0.15) is 0 Å². The summed E-state index contributed by atoms with van der Waals surface area (Å²) < 4.78 is 5.10. The van der Waals surface area contributed by atoms with Crippen LogP contribution in [0.15, 0.2) is 24.3 Å². The Morgan fingerprint density at radius 2 is 1.83 bits per heavy atom. The number of hydrogen-bond donors (Lipinski definition) is 2. The van der Waals surface area contributed by atoms with Gasteiger partial charge in [-0.15, -0.1) is 0 Å². The SMILES string of the molecule is COCCN(Cc1ccc(B(O)O)cc1)C(C)C. The van der Waals surface area contributed by atoms with Crippen LogP contribution >= 0.6 is 0 Å². The lowest BCUT2D eigenvalue weighted by Crippen LogP contribution is -2.34. The number of benzene rings is 1. The van der Waals surface area contributed by atoms with Gasteiger partial charge in [-0.3, -0.25) is 4.90 Å². The maximum absolute atomic E-state index is 9.03. The fourth-order valence-corrected chi connectivity index (χ4v) is 1.76. The molecular weight excluding hydrogens is 229 g/mol. The summed E-state index contributed by atoms with van der Waals surface area (Å²) in [4.78, 5) is 2.31. The van der Waals surface area contributed by atoms with Crippen LogP contribution in [0.1, 0.15) is 19.4 Å². The van der Waals surface area contributed by atoms with Crippen molar-refractivity contribution in [3.63, 3.8) is 0 Å². The molecule has 1 aromatic carbocycles. The molecule has 0 aliphatic carbocycles. The minimum absolute atomic E-state index is 0.447. The summed E-state index contributed by atoms with van der Waals surface area (Å²) in [5, 5.41) is 18.1. The summed E-state index contributed by atoms with van der Waals surface area (Å²) in [5.74, 6) is 0. The minimum atomic E-state index is -1.39. The molecule has 0 heterocycles. The molecule has 0 atom stereocenters. The maximum Gasteiger partial charge on any atom is 0.488 e. The summed E-state index contributed by atoms with van der Waals surface area (Å²) in [6.45, 7) is 6.75. The van der Waals surface area contributed by atoms with E-state index in [0.29, 0.717) is 18.1 Å². The molecule has 1 rings (SSSR count). The lowest BCUT2D eigenvalue weighted by molar-refractivity contribution is 0.125. The van der Waals surface area contributed by atoms with Crippen molar-refractivity contribution in [3.8, 4) is 0 Å². The zero-order valence-electron chi connectivity index (χ0n) is 11.3. The maximum atomic E-state index is 9.03. The standard InChI is InChI=1S/C13H22BNO3/c1-11(2)15(8-9-18-3)10-12-4-6-13(7-5-12)14(16)17/h4-7,11,16-17H,8-10H2,1-3H3. The Morgan fingerprint density at radius 1 is 1.22 bits per heavy atom. The van der Waals surface area contributed by atoms with E-state index in [-0.39, 0.29) is 0 Å². The van der Waals surface area contributed by atoms with E-state index in [1.165, 1.54) is 0 Å². The number of rotatable bonds is 7. The van der Waals surface area contributed by atoms with Crippen LogP contribution in [-0.4, -0.2) is 48.4 Å². The van der Waals surface area contributed by atoms with E-state index in [4.69, 9.17) is 14.8 Å². The molecule has 5 heteroatoms. The van der Waals surface area contributed by atoms with Gasteiger partial charge in [0.25, 0.3) is 0 Å². The molecule has 0 fully saturated rings. The number of ether oxygens (including phenoxy) is 1. The number of nitrogens with zero attached hydrogens (tertiary/aromatic N) is 1. The molecule has 4 nitrogen and oxygen atoms in total. The van der Waals surface area contributed by atoms with Gasteiger partial charge in [0, 0.05) is 26.2 Å². The molecule has 0 aliphatic heterocycles. The Hall–Kier alpha value is -0.875. The second-order valence-electron chi connectivity index (χ2n) is 4.67. The molecule has 0 saturated carbocycles. The van der Waals surface area contributed by atoms with Crippen LogP contribution in [-0.2, 0) is 11.3 Å². The number of hydrogen-bond acceptors (Lipinski definition) is 4. The van der Waals surface area contributed by atoms with Crippen LogP contribution in [0.5, 0.6) is 0 Å². The average Bonchev–Trinajstić information content (AvgIpc) is 2.34. The topological polar surface area (TPSA) is 52.9 Å². The van der Waals surface area contributed by atoms with Crippen molar-refractivity contribution in [1.82, 2.24) is 4.90 Å². The van der Waals surface area contributed by atoms with Crippen LogP contribution in [0.4, 0.5) is 0 Å². The molecule has 100 valence electrons. The van der Waals surface area contributed by atoms with Gasteiger partial charge in [-0.2, -0.15) is 0 Å². The Bertz CT molecular complexity index is 341. The molecule has 0 aliphatic rings. The minimum Gasteiger partial charge on any atom is -0.423 e. The zero-order chi connectivity index (χ0) is 13.5. The monoisotopic (exact) mass is 251 g/mol. The molecule has 2 N–H and O–H groups in total. The van der Waals surface area contributed by atoms with Crippen molar-refractivity contribution in [3.05, 3.63) is 29.8 Å². The van der Waals surface area contributed by atoms with Gasteiger partial charge in [-0.1, -0.05) is 24.3 Å². The smallest absolute Gasteiger partial charge is 0.423 e. The summed E-state index contributed by atoms with van der Waals surface area (Å²) >= 11 is 0. The third-order valence-corrected chi connectivity index (χ3v) is 2.98. The molecule has 0 saturated heterocycles.